The Kier molecular flexibility index (Phi) is 9.34. The molecule has 0 unspecified atom stereocenters. The highest BCUT2D eigenvalue weighted by Gasteiger charge is 2.26. The molecule has 1 fully saturated rings. The van der Waals surface area contributed by atoms with Crippen LogP contribution in [0.5, 0.6) is 5.75 Å². The number of allylic oxidation sites excluding steroid dienone is 3. The van der Waals surface area contributed by atoms with Crippen LogP contribution in [0.2, 0.25) is 0 Å². The largest absolute Gasteiger partial charge is 0.495 e. The number of amides is 1. The standard InChI is InChI=1S/C29H31FN4O5/c1-31-19-32-29(33-23-17-20(6-8-25(23)36-2)24-5-4-16-38-24)21-7-9-26(37-3)27(18-21)39-22-11-14-34(15-12-22)28(35)10-13-30/h4-6,8-10,13,16-19,22,33H,1,7,11-12,14-15H2,2-3H3/b13-10+,29-21-,32-19-. The fourth-order valence-corrected chi connectivity index (χ4v) is 4.39. The maximum atomic E-state index is 12.4. The summed E-state index contributed by atoms with van der Waals surface area (Å²) in [5, 5.41) is 3.37. The molecule has 39 heavy (non-hydrogen) atoms. The number of methoxy groups -OCH3 is 2. The van der Waals surface area contributed by atoms with Crippen molar-refractivity contribution in [3.63, 3.8) is 0 Å². The Morgan fingerprint density at radius 1 is 1.21 bits per heavy atom. The first-order valence-electron chi connectivity index (χ1n) is 12.4. The summed E-state index contributed by atoms with van der Waals surface area (Å²) in [4.78, 5) is 21.8. The molecule has 9 nitrogen and oxygen atoms in total. The molecule has 1 aromatic heterocycles. The number of anilines is 1. The summed E-state index contributed by atoms with van der Waals surface area (Å²) in [6.45, 7) is 4.45. The third-order valence-electron chi connectivity index (χ3n) is 6.36. The number of rotatable bonds is 10. The number of aliphatic imine (C=N–C) groups is 2. The molecule has 204 valence electrons. The second-order valence-electron chi connectivity index (χ2n) is 8.74. The zero-order chi connectivity index (χ0) is 27.6. The van der Waals surface area contributed by atoms with Gasteiger partial charge in [0.25, 0.3) is 0 Å². The minimum Gasteiger partial charge on any atom is -0.495 e. The number of piperidine rings is 1. The number of benzene rings is 1. The molecule has 0 saturated carbocycles. The summed E-state index contributed by atoms with van der Waals surface area (Å²) < 4.78 is 35.4. The van der Waals surface area contributed by atoms with Crippen molar-refractivity contribution >= 4 is 24.7 Å². The van der Waals surface area contributed by atoms with Gasteiger partial charge in [-0.25, -0.2) is 9.38 Å². The van der Waals surface area contributed by atoms with E-state index in [9.17, 15) is 9.18 Å². The Morgan fingerprint density at radius 3 is 2.69 bits per heavy atom. The summed E-state index contributed by atoms with van der Waals surface area (Å²) in [6, 6.07) is 9.40. The molecule has 2 aromatic rings. The van der Waals surface area contributed by atoms with Gasteiger partial charge in [0.1, 0.15) is 29.8 Å². The van der Waals surface area contributed by atoms with E-state index in [4.69, 9.17) is 18.6 Å². The highest BCUT2D eigenvalue weighted by Crippen LogP contribution is 2.34. The van der Waals surface area contributed by atoms with Crippen molar-refractivity contribution < 1.29 is 27.8 Å². The number of nitrogens with one attached hydrogen (secondary N) is 1. The maximum absolute atomic E-state index is 12.4. The van der Waals surface area contributed by atoms with E-state index in [0.717, 1.165) is 23.0 Å². The topological polar surface area (TPSA) is 97.9 Å². The molecule has 1 N–H and O–H groups in total. The monoisotopic (exact) mass is 534 g/mol. The van der Waals surface area contributed by atoms with Gasteiger partial charge in [-0.05, 0) is 55.6 Å². The maximum Gasteiger partial charge on any atom is 0.248 e. The second kappa shape index (κ2) is 13.3. The number of halogens is 1. The molecule has 1 saturated heterocycles. The lowest BCUT2D eigenvalue weighted by Crippen LogP contribution is -2.40. The van der Waals surface area contributed by atoms with Gasteiger partial charge >= 0.3 is 0 Å². The highest BCUT2D eigenvalue weighted by atomic mass is 19.1. The molecule has 1 aliphatic carbocycles. The van der Waals surface area contributed by atoms with Gasteiger partial charge in [0, 0.05) is 43.1 Å². The van der Waals surface area contributed by atoms with Crippen LogP contribution in [0.1, 0.15) is 19.3 Å². The number of hydrogen-bond donors (Lipinski definition) is 1. The van der Waals surface area contributed by atoms with Gasteiger partial charge in [-0.15, -0.1) is 0 Å². The van der Waals surface area contributed by atoms with Crippen LogP contribution in [0.4, 0.5) is 10.1 Å². The molecular formula is C29H31FN4O5. The van der Waals surface area contributed by atoms with Crippen LogP contribution in [0.3, 0.4) is 0 Å². The van der Waals surface area contributed by atoms with Crippen molar-refractivity contribution in [2.24, 2.45) is 9.98 Å². The van der Waals surface area contributed by atoms with Gasteiger partial charge in [0.15, 0.2) is 11.5 Å². The lowest BCUT2D eigenvalue weighted by atomic mass is 10.0. The zero-order valence-electron chi connectivity index (χ0n) is 21.9. The minimum absolute atomic E-state index is 0.132. The van der Waals surface area contributed by atoms with Crippen molar-refractivity contribution in [3.8, 4) is 17.1 Å². The van der Waals surface area contributed by atoms with Crippen molar-refractivity contribution in [3.05, 3.63) is 84.1 Å². The minimum atomic E-state index is -0.341. The van der Waals surface area contributed by atoms with Gasteiger partial charge in [-0.3, -0.25) is 9.79 Å². The van der Waals surface area contributed by atoms with E-state index in [1.165, 1.54) is 6.34 Å². The lowest BCUT2D eigenvalue weighted by Gasteiger charge is -2.32. The third-order valence-corrected chi connectivity index (χ3v) is 6.36. The van der Waals surface area contributed by atoms with Crippen LogP contribution in [0, 0.1) is 0 Å². The summed E-state index contributed by atoms with van der Waals surface area (Å²) in [5.41, 5.74) is 2.39. The van der Waals surface area contributed by atoms with Gasteiger partial charge < -0.3 is 28.8 Å². The molecule has 1 aromatic carbocycles. The molecule has 10 heteroatoms. The first kappa shape index (κ1) is 27.4. The average molecular weight is 535 g/mol. The average Bonchev–Trinajstić information content (AvgIpc) is 3.51. The summed E-state index contributed by atoms with van der Waals surface area (Å²) in [5.74, 6) is 2.71. The first-order valence-corrected chi connectivity index (χ1v) is 12.4. The van der Waals surface area contributed by atoms with Gasteiger partial charge in [-0.2, -0.15) is 0 Å². The Morgan fingerprint density at radius 2 is 2.03 bits per heavy atom. The number of nitrogens with zero attached hydrogens (tertiary/aromatic N) is 3. The Balaban J connectivity index is 1.60. The predicted octanol–water partition coefficient (Wildman–Crippen LogP) is 5.62. The second-order valence-corrected chi connectivity index (χ2v) is 8.74. The number of hydrogen-bond acceptors (Lipinski definition) is 7. The smallest absolute Gasteiger partial charge is 0.248 e. The Bertz CT molecular complexity index is 1320. The fourth-order valence-electron chi connectivity index (χ4n) is 4.39. The van der Waals surface area contributed by atoms with Crippen molar-refractivity contribution in [2.45, 2.75) is 25.4 Å². The fraction of sp³-hybridized carbons (Fsp3) is 0.276. The van der Waals surface area contributed by atoms with Gasteiger partial charge in [-0.1, -0.05) is 0 Å². The molecule has 2 heterocycles. The van der Waals surface area contributed by atoms with Crippen LogP contribution in [0.15, 0.2) is 98.5 Å². The van der Waals surface area contributed by atoms with Crippen LogP contribution >= 0.6 is 0 Å². The van der Waals surface area contributed by atoms with E-state index in [2.05, 4.69) is 22.0 Å². The summed E-state index contributed by atoms with van der Waals surface area (Å²) >= 11 is 0. The molecule has 0 bridgehead atoms. The van der Waals surface area contributed by atoms with Gasteiger partial charge in [0.2, 0.25) is 5.91 Å². The quantitative estimate of drug-likeness (QED) is 0.242. The highest BCUT2D eigenvalue weighted by molar-refractivity contribution is 5.87. The number of furan rings is 1. The van der Waals surface area contributed by atoms with E-state index in [1.54, 1.807) is 25.4 Å². The van der Waals surface area contributed by atoms with E-state index in [0.29, 0.717) is 61.1 Å². The van der Waals surface area contributed by atoms with Crippen molar-refractivity contribution in [1.82, 2.24) is 4.90 Å². The lowest BCUT2D eigenvalue weighted by molar-refractivity contribution is -0.128. The summed E-state index contributed by atoms with van der Waals surface area (Å²) in [7, 11) is 3.19. The third kappa shape index (κ3) is 6.84. The number of carbonyl (C=O) groups excluding carboxylic acids is 1. The summed E-state index contributed by atoms with van der Waals surface area (Å²) in [6.07, 6.45) is 9.60. The molecule has 4 rings (SSSR count). The molecule has 0 radical (unpaired) electrons. The Labute approximate surface area is 226 Å². The zero-order valence-corrected chi connectivity index (χ0v) is 21.9. The molecule has 2 aliphatic rings. The molecule has 0 spiro atoms. The van der Waals surface area contributed by atoms with E-state index in [1.807, 2.05) is 42.5 Å². The number of ether oxygens (including phenoxy) is 3. The van der Waals surface area contributed by atoms with Crippen molar-refractivity contribution in [2.75, 3.05) is 32.6 Å². The van der Waals surface area contributed by atoms with E-state index >= 15 is 0 Å². The normalized spacial score (nSPS) is 17.6. The van der Waals surface area contributed by atoms with Crippen LogP contribution in [-0.2, 0) is 14.3 Å². The van der Waals surface area contributed by atoms with E-state index < -0.39 is 0 Å². The number of carbonyl (C=O) groups is 1. The molecule has 1 aliphatic heterocycles. The molecule has 1 amide bonds. The van der Waals surface area contributed by atoms with Crippen LogP contribution in [0.25, 0.3) is 11.3 Å². The number of likely N-dealkylation sites (tertiary alicyclic amines) is 1. The van der Waals surface area contributed by atoms with E-state index in [-0.39, 0.29) is 18.3 Å². The van der Waals surface area contributed by atoms with Crippen molar-refractivity contribution in [1.29, 1.82) is 0 Å². The van der Waals surface area contributed by atoms with Crippen LogP contribution in [-0.4, -0.2) is 57.3 Å². The predicted molar refractivity (Wildman–Crippen MR) is 148 cm³/mol. The molecular weight excluding hydrogens is 503 g/mol. The SMILES string of the molecule is C=N/C=N\C(Nc1cc(-c2ccco2)ccc1OC)=C1\C=C(OC2CCN(C(=O)/C=C/F)CC2)C(OC)=CC1. The van der Waals surface area contributed by atoms with Gasteiger partial charge in [0.05, 0.1) is 32.5 Å². The van der Waals surface area contributed by atoms with Crippen LogP contribution < -0.4 is 10.1 Å². The Hall–Kier alpha value is -4.60. The molecule has 0 atom stereocenters. The first-order chi connectivity index (χ1) is 19.1.